The van der Waals surface area contributed by atoms with Crippen molar-refractivity contribution >= 4 is 23.4 Å². The van der Waals surface area contributed by atoms with Crippen molar-refractivity contribution in [2.75, 3.05) is 0 Å². The summed E-state index contributed by atoms with van der Waals surface area (Å²) >= 11 is 7.82. The second-order valence-electron chi connectivity index (χ2n) is 8.72. The number of thioether (sulfide) groups is 1. The minimum absolute atomic E-state index is 0.112. The van der Waals surface area contributed by atoms with Gasteiger partial charge in [0.1, 0.15) is 0 Å². The molecule has 0 aliphatic rings. The number of benzene rings is 3. The molecule has 0 saturated heterocycles. The van der Waals surface area contributed by atoms with Gasteiger partial charge in [-0.15, -0.1) is 10.2 Å². The third-order valence-corrected chi connectivity index (χ3v) is 6.43. The quantitative estimate of drug-likeness (QED) is 0.297. The van der Waals surface area contributed by atoms with Crippen LogP contribution in [0.2, 0.25) is 5.02 Å². The lowest BCUT2D eigenvalue weighted by Crippen LogP contribution is -2.10. The molecule has 0 atom stereocenters. The van der Waals surface area contributed by atoms with E-state index in [9.17, 15) is 0 Å². The van der Waals surface area contributed by atoms with Crippen molar-refractivity contribution in [1.29, 1.82) is 0 Å². The van der Waals surface area contributed by atoms with Crippen LogP contribution in [0.15, 0.2) is 78.0 Å². The topological polar surface area (TPSA) is 30.7 Å². The van der Waals surface area contributed by atoms with Crippen molar-refractivity contribution in [3.8, 4) is 17.1 Å². The lowest BCUT2D eigenvalue weighted by Gasteiger charge is -2.19. The Kier molecular flexibility index (Phi) is 6.22. The van der Waals surface area contributed by atoms with Crippen molar-refractivity contribution in [3.63, 3.8) is 0 Å². The maximum atomic E-state index is 6.16. The number of nitrogens with zero attached hydrogens (tertiary/aromatic N) is 3. The first-order chi connectivity index (χ1) is 14.8. The van der Waals surface area contributed by atoms with Crippen molar-refractivity contribution in [1.82, 2.24) is 14.8 Å². The number of rotatable bonds is 5. The lowest BCUT2D eigenvalue weighted by atomic mass is 9.87. The van der Waals surface area contributed by atoms with Crippen LogP contribution >= 0.6 is 23.4 Å². The fourth-order valence-corrected chi connectivity index (χ4v) is 4.48. The Hall–Kier alpha value is -2.56. The summed E-state index contributed by atoms with van der Waals surface area (Å²) < 4.78 is 2.14. The summed E-state index contributed by atoms with van der Waals surface area (Å²) in [7, 11) is 0. The number of hydrogen-bond acceptors (Lipinski definition) is 3. The van der Waals surface area contributed by atoms with Crippen LogP contribution in [0, 0.1) is 6.92 Å². The van der Waals surface area contributed by atoms with Crippen LogP contribution in [-0.2, 0) is 11.2 Å². The first kappa shape index (κ1) is 21.7. The van der Waals surface area contributed by atoms with Gasteiger partial charge in [-0.1, -0.05) is 98.2 Å². The summed E-state index contributed by atoms with van der Waals surface area (Å²) in [6.45, 7) is 8.76. The highest BCUT2D eigenvalue weighted by Crippen LogP contribution is 2.31. The molecule has 0 radical (unpaired) electrons. The van der Waals surface area contributed by atoms with E-state index in [0.29, 0.717) is 0 Å². The Morgan fingerprint density at radius 1 is 0.903 bits per heavy atom. The standard InChI is InChI=1S/C26H26ClN3S/c1-18-8-14-23(15-9-18)30-24(20-10-12-21(13-11-20)26(2,3)4)28-29-25(30)31-17-19-6-5-7-22(27)16-19/h5-16H,17H2,1-4H3. The van der Waals surface area contributed by atoms with E-state index in [-0.39, 0.29) is 5.41 Å². The smallest absolute Gasteiger partial charge is 0.196 e. The Morgan fingerprint density at radius 3 is 2.26 bits per heavy atom. The maximum Gasteiger partial charge on any atom is 0.196 e. The van der Waals surface area contributed by atoms with Gasteiger partial charge in [0.2, 0.25) is 0 Å². The summed E-state index contributed by atoms with van der Waals surface area (Å²) in [5.74, 6) is 1.62. The average Bonchev–Trinajstić information content (AvgIpc) is 3.16. The normalized spacial score (nSPS) is 11.6. The molecule has 5 heteroatoms. The molecule has 3 nitrogen and oxygen atoms in total. The summed E-state index contributed by atoms with van der Waals surface area (Å²) in [6, 6.07) is 25.1. The van der Waals surface area contributed by atoms with Crippen molar-refractivity contribution in [2.45, 2.75) is 44.0 Å². The molecule has 0 spiro atoms. The zero-order chi connectivity index (χ0) is 22.0. The molecule has 4 rings (SSSR count). The molecular formula is C26H26ClN3S. The van der Waals surface area contributed by atoms with E-state index in [2.05, 4.69) is 97.1 Å². The Morgan fingerprint density at radius 2 is 1.61 bits per heavy atom. The Bertz CT molecular complexity index is 1170. The third kappa shape index (κ3) is 5.03. The van der Waals surface area contributed by atoms with Gasteiger partial charge in [-0.3, -0.25) is 4.57 Å². The fourth-order valence-electron chi connectivity index (χ4n) is 3.37. The SMILES string of the molecule is Cc1ccc(-n2c(SCc3cccc(Cl)c3)nnc2-c2ccc(C(C)(C)C)cc2)cc1. The molecule has 0 saturated carbocycles. The van der Waals surface area contributed by atoms with Crippen molar-refractivity contribution < 1.29 is 0 Å². The van der Waals surface area contributed by atoms with Crippen LogP contribution < -0.4 is 0 Å². The molecule has 31 heavy (non-hydrogen) atoms. The minimum Gasteiger partial charge on any atom is -0.270 e. The van der Waals surface area contributed by atoms with Crippen LogP contribution in [0.3, 0.4) is 0 Å². The Balaban J connectivity index is 1.72. The van der Waals surface area contributed by atoms with E-state index < -0.39 is 0 Å². The second-order valence-corrected chi connectivity index (χ2v) is 10.1. The van der Waals surface area contributed by atoms with Gasteiger partial charge >= 0.3 is 0 Å². The van der Waals surface area contributed by atoms with E-state index in [1.807, 2.05) is 18.2 Å². The summed E-state index contributed by atoms with van der Waals surface area (Å²) in [5, 5.41) is 10.7. The van der Waals surface area contributed by atoms with Gasteiger partial charge in [0.25, 0.3) is 0 Å². The van der Waals surface area contributed by atoms with Crippen molar-refractivity contribution in [2.24, 2.45) is 0 Å². The van der Waals surface area contributed by atoms with Crippen LogP contribution in [0.25, 0.3) is 17.1 Å². The van der Waals surface area contributed by atoms with E-state index in [0.717, 1.165) is 38.6 Å². The Labute approximate surface area is 193 Å². The van der Waals surface area contributed by atoms with Gasteiger partial charge in [-0.25, -0.2) is 0 Å². The first-order valence-electron chi connectivity index (χ1n) is 10.3. The molecule has 4 aromatic rings. The molecular weight excluding hydrogens is 422 g/mol. The van der Waals surface area contributed by atoms with E-state index in [1.54, 1.807) is 11.8 Å². The van der Waals surface area contributed by atoms with E-state index in [4.69, 9.17) is 11.6 Å². The zero-order valence-electron chi connectivity index (χ0n) is 18.3. The summed E-state index contributed by atoms with van der Waals surface area (Å²) in [4.78, 5) is 0. The molecule has 1 aromatic heterocycles. The van der Waals surface area contributed by atoms with Gasteiger partial charge in [0.05, 0.1) is 0 Å². The number of aryl methyl sites for hydroxylation is 1. The molecule has 0 unspecified atom stereocenters. The van der Waals surface area contributed by atoms with Gasteiger partial charge in [0, 0.05) is 22.0 Å². The largest absolute Gasteiger partial charge is 0.270 e. The minimum atomic E-state index is 0.112. The molecule has 3 aromatic carbocycles. The fraction of sp³-hybridized carbons (Fsp3) is 0.231. The third-order valence-electron chi connectivity index (χ3n) is 5.19. The molecule has 0 N–H and O–H groups in total. The predicted molar refractivity (Wildman–Crippen MR) is 131 cm³/mol. The molecule has 0 aliphatic carbocycles. The number of aromatic nitrogens is 3. The van der Waals surface area contributed by atoms with E-state index >= 15 is 0 Å². The van der Waals surface area contributed by atoms with E-state index in [1.165, 1.54) is 11.1 Å². The van der Waals surface area contributed by atoms with Gasteiger partial charge in [-0.2, -0.15) is 0 Å². The second kappa shape index (κ2) is 8.89. The monoisotopic (exact) mass is 447 g/mol. The molecule has 0 aliphatic heterocycles. The first-order valence-corrected chi connectivity index (χ1v) is 11.7. The zero-order valence-corrected chi connectivity index (χ0v) is 19.8. The number of halogens is 1. The van der Waals surface area contributed by atoms with Gasteiger partial charge in [-0.05, 0) is 47.7 Å². The lowest BCUT2D eigenvalue weighted by molar-refractivity contribution is 0.590. The maximum absolute atomic E-state index is 6.16. The molecule has 0 fully saturated rings. The molecule has 158 valence electrons. The van der Waals surface area contributed by atoms with Crippen LogP contribution in [0.5, 0.6) is 0 Å². The highest BCUT2D eigenvalue weighted by molar-refractivity contribution is 7.98. The summed E-state index contributed by atoms with van der Waals surface area (Å²) in [5.41, 5.74) is 5.90. The average molecular weight is 448 g/mol. The van der Waals surface area contributed by atoms with Gasteiger partial charge in [0.15, 0.2) is 11.0 Å². The highest BCUT2D eigenvalue weighted by atomic mass is 35.5. The van der Waals surface area contributed by atoms with Crippen molar-refractivity contribution in [3.05, 3.63) is 94.5 Å². The number of hydrogen-bond donors (Lipinski definition) is 0. The molecule has 1 heterocycles. The van der Waals surface area contributed by atoms with Crippen LogP contribution in [0.4, 0.5) is 0 Å². The highest BCUT2D eigenvalue weighted by Gasteiger charge is 2.18. The predicted octanol–water partition coefficient (Wildman–Crippen LogP) is 7.49. The van der Waals surface area contributed by atoms with Gasteiger partial charge < -0.3 is 0 Å². The van der Waals surface area contributed by atoms with Crippen LogP contribution in [-0.4, -0.2) is 14.8 Å². The summed E-state index contributed by atoms with van der Waals surface area (Å²) in [6.07, 6.45) is 0. The molecule has 0 bridgehead atoms. The molecule has 0 amide bonds. The van der Waals surface area contributed by atoms with Crippen LogP contribution in [0.1, 0.15) is 37.5 Å².